The fourth-order valence-electron chi connectivity index (χ4n) is 2.54. The van der Waals surface area contributed by atoms with Crippen molar-refractivity contribution in [3.05, 3.63) is 53.6 Å². The summed E-state index contributed by atoms with van der Waals surface area (Å²) in [5.74, 6) is -1.02. The molecule has 0 saturated heterocycles. The van der Waals surface area contributed by atoms with Crippen LogP contribution in [-0.4, -0.2) is 25.7 Å². The molecule has 0 aliphatic heterocycles. The zero-order valence-electron chi connectivity index (χ0n) is 11.5. The van der Waals surface area contributed by atoms with Crippen LogP contribution in [0.3, 0.4) is 0 Å². The molecule has 110 valence electrons. The molecule has 2 aromatic heterocycles. The highest BCUT2D eigenvalue weighted by Crippen LogP contribution is 2.40. The molecule has 22 heavy (non-hydrogen) atoms. The first-order chi connectivity index (χ1) is 10.6. The smallest absolute Gasteiger partial charge is 0.354 e. The molecule has 2 heterocycles. The van der Waals surface area contributed by atoms with Crippen molar-refractivity contribution in [3.63, 3.8) is 0 Å². The zero-order chi connectivity index (χ0) is 15.3. The van der Waals surface area contributed by atoms with Crippen LogP contribution in [0.25, 0.3) is 16.9 Å². The van der Waals surface area contributed by atoms with Crippen molar-refractivity contribution in [2.24, 2.45) is 0 Å². The fourth-order valence-corrected chi connectivity index (χ4v) is 2.54. The second-order valence-corrected chi connectivity index (χ2v) is 5.45. The average molecular weight is 297 g/mol. The largest absolute Gasteiger partial charge is 0.477 e. The van der Waals surface area contributed by atoms with Gasteiger partial charge in [-0.1, -0.05) is 0 Å². The molecule has 0 spiro atoms. The third kappa shape index (κ3) is 2.13. The Bertz CT molecular complexity index is 882. The van der Waals surface area contributed by atoms with Gasteiger partial charge in [0.2, 0.25) is 0 Å². The number of rotatable bonds is 3. The third-order valence-corrected chi connectivity index (χ3v) is 3.81. The summed E-state index contributed by atoms with van der Waals surface area (Å²) in [6.07, 6.45) is 2.06. The molecule has 0 unspecified atom stereocenters. The van der Waals surface area contributed by atoms with Crippen LogP contribution in [-0.2, 0) is 0 Å². The molecule has 0 atom stereocenters. The van der Waals surface area contributed by atoms with Crippen LogP contribution in [0.15, 0.2) is 36.4 Å². The Morgan fingerprint density at radius 3 is 2.59 bits per heavy atom. The second kappa shape index (κ2) is 4.62. The first-order valence-electron chi connectivity index (χ1n) is 7.02. The summed E-state index contributed by atoms with van der Waals surface area (Å²) < 4.78 is 14.7. The molecule has 3 aromatic rings. The van der Waals surface area contributed by atoms with E-state index < -0.39 is 5.97 Å². The van der Waals surface area contributed by atoms with Gasteiger partial charge >= 0.3 is 5.97 Å². The van der Waals surface area contributed by atoms with Crippen LogP contribution >= 0.6 is 0 Å². The Kier molecular flexibility index (Phi) is 2.72. The number of carboxylic acid groups (broad SMARTS) is 1. The Morgan fingerprint density at radius 1 is 1.23 bits per heavy atom. The van der Waals surface area contributed by atoms with Crippen LogP contribution < -0.4 is 0 Å². The average Bonchev–Trinajstić information content (AvgIpc) is 3.25. The van der Waals surface area contributed by atoms with Crippen LogP contribution in [0.4, 0.5) is 4.39 Å². The second-order valence-electron chi connectivity index (χ2n) is 5.45. The van der Waals surface area contributed by atoms with Gasteiger partial charge in [-0.15, -0.1) is 0 Å². The zero-order valence-corrected chi connectivity index (χ0v) is 11.5. The van der Waals surface area contributed by atoms with Gasteiger partial charge in [-0.3, -0.25) is 0 Å². The van der Waals surface area contributed by atoms with Crippen molar-refractivity contribution in [1.82, 2.24) is 14.6 Å². The number of fused-ring (bicyclic) bond motifs is 1. The van der Waals surface area contributed by atoms with Crippen molar-refractivity contribution >= 4 is 11.6 Å². The fraction of sp³-hybridized carbons (Fsp3) is 0.188. The third-order valence-electron chi connectivity index (χ3n) is 3.81. The molecule has 0 bridgehead atoms. The number of hydrogen-bond donors (Lipinski definition) is 1. The van der Waals surface area contributed by atoms with E-state index in [0.29, 0.717) is 17.3 Å². The molecule has 1 fully saturated rings. The highest BCUT2D eigenvalue weighted by atomic mass is 19.1. The maximum Gasteiger partial charge on any atom is 0.354 e. The standard InChI is InChI=1S/C16H12FN3O2/c17-11-5-3-9(4-6-11)12-8-15-18-13(16(21)22)7-14(10-1-2-10)20(15)19-12/h3-8,10H,1-2H2,(H,21,22). The monoisotopic (exact) mass is 297 g/mol. The summed E-state index contributed by atoms with van der Waals surface area (Å²) in [6, 6.07) is 9.35. The number of nitrogens with zero attached hydrogens (tertiary/aromatic N) is 3. The molecule has 0 amide bonds. The minimum Gasteiger partial charge on any atom is -0.477 e. The van der Waals surface area contributed by atoms with Crippen LogP contribution in [0.1, 0.15) is 34.9 Å². The lowest BCUT2D eigenvalue weighted by atomic mass is 10.1. The van der Waals surface area contributed by atoms with Gasteiger partial charge in [0.1, 0.15) is 5.82 Å². The Morgan fingerprint density at radius 2 is 1.95 bits per heavy atom. The maximum atomic E-state index is 13.0. The van der Waals surface area contributed by atoms with Gasteiger partial charge < -0.3 is 5.11 Å². The molecular formula is C16H12FN3O2. The van der Waals surface area contributed by atoms with Gasteiger partial charge in [0.05, 0.1) is 5.69 Å². The van der Waals surface area contributed by atoms with Gasteiger partial charge in [-0.25, -0.2) is 18.7 Å². The first-order valence-corrected chi connectivity index (χ1v) is 7.02. The lowest BCUT2D eigenvalue weighted by molar-refractivity contribution is 0.0690. The number of aromatic nitrogens is 3. The minimum atomic E-state index is -1.05. The Hall–Kier alpha value is -2.76. The lowest BCUT2D eigenvalue weighted by Gasteiger charge is -2.04. The van der Waals surface area contributed by atoms with E-state index in [-0.39, 0.29) is 11.5 Å². The van der Waals surface area contributed by atoms with Crippen molar-refractivity contribution in [1.29, 1.82) is 0 Å². The van der Waals surface area contributed by atoms with Crippen LogP contribution in [0, 0.1) is 5.82 Å². The number of hydrogen-bond acceptors (Lipinski definition) is 3. The summed E-state index contributed by atoms with van der Waals surface area (Å²) in [7, 11) is 0. The first kappa shape index (κ1) is 12.9. The molecule has 1 saturated carbocycles. The molecule has 6 heteroatoms. The van der Waals surface area contributed by atoms with Crippen LogP contribution in [0.5, 0.6) is 0 Å². The van der Waals surface area contributed by atoms with Gasteiger partial charge in [-0.05, 0) is 43.2 Å². The number of carboxylic acids is 1. The molecule has 1 aromatic carbocycles. The van der Waals surface area contributed by atoms with E-state index in [0.717, 1.165) is 24.1 Å². The van der Waals surface area contributed by atoms with Crippen molar-refractivity contribution in [2.45, 2.75) is 18.8 Å². The Labute approximate surface area is 125 Å². The Balaban J connectivity index is 1.90. The predicted molar refractivity (Wildman–Crippen MR) is 77.3 cm³/mol. The molecular weight excluding hydrogens is 285 g/mol. The van der Waals surface area contributed by atoms with E-state index >= 15 is 0 Å². The predicted octanol–water partition coefficient (Wildman–Crippen LogP) is 3.11. The number of carbonyl (C=O) groups is 1. The normalized spacial score (nSPS) is 14.4. The van der Waals surface area contributed by atoms with Gasteiger partial charge in [0, 0.05) is 23.2 Å². The summed E-state index contributed by atoms with van der Waals surface area (Å²) in [5, 5.41) is 13.7. The molecule has 1 N–H and O–H groups in total. The topological polar surface area (TPSA) is 67.5 Å². The van der Waals surface area contributed by atoms with Gasteiger partial charge in [0.15, 0.2) is 11.3 Å². The highest BCUT2D eigenvalue weighted by Gasteiger charge is 2.28. The van der Waals surface area contributed by atoms with E-state index in [1.807, 2.05) is 0 Å². The summed E-state index contributed by atoms with van der Waals surface area (Å²) in [5.41, 5.74) is 2.82. The van der Waals surface area contributed by atoms with Gasteiger partial charge in [0.25, 0.3) is 0 Å². The van der Waals surface area contributed by atoms with Crippen LogP contribution in [0.2, 0.25) is 0 Å². The summed E-state index contributed by atoms with van der Waals surface area (Å²) >= 11 is 0. The summed E-state index contributed by atoms with van der Waals surface area (Å²) in [6.45, 7) is 0. The molecule has 5 nitrogen and oxygen atoms in total. The molecule has 4 rings (SSSR count). The number of halogens is 1. The van der Waals surface area contributed by atoms with Crippen molar-refractivity contribution in [3.8, 4) is 11.3 Å². The van der Waals surface area contributed by atoms with E-state index in [1.165, 1.54) is 12.1 Å². The van der Waals surface area contributed by atoms with Crippen molar-refractivity contribution in [2.75, 3.05) is 0 Å². The van der Waals surface area contributed by atoms with E-state index in [2.05, 4.69) is 10.1 Å². The van der Waals surface area contributed by atoms with Gasteiger partial charge in [-0.2, -0.15) is 5.10 Å². The number of aromatic carboxylic acids is 1. The highest BCUT2D eigenvalue weighted by molar-refractivity contribution is 5.86. The maximum absolute atomic E-state index is 13.0. The SMILES string of the molecule is O=C(O)c1cc(C2CC2)n2nc(-c3ccc(F)cc3)cc2n1. The summed E-state index contributed by atoms with van der Waals surface area (Å²) in [4.78, 5) is 15.4. The van der Waals surface area contributed by atoms with Crippen molar-refractivity contribution < 1.29 is 14.3 Å². The van der Waals surface area contributed by atoms with E-state index in [4.69, 9.17) is 0 Å². The number of benzene rings is 1. The molecule has 0 radical (unpaired) electrons. The lowest BCUT2D eigenvalue weighted by Crippen LogP contribution is -2.06. The van der Waals surface area contributed by atoms with E-state index in [1.54, 1.807) is 28.8 Å². The molecule has 1 aliphatic carbocycles. The molecule has 1 aliphatic rings. The minimum absolute atomic E-state index is 0.0277. The van der Waals surface area contributed by atoms with E-state index in [9.17, 15) is 14.3 Å². The quantitative estimate of drug-likeness (QED) is 0.806.